The molecule has 4 rings (SSSR count). The molecule has 0 spiro atoms. The highest BCUT2D eigenvalue weighted by Gasteiger charge is 2.44. The molecule has 1 aliphatic heterocycles. The van der Waals surface area contributed by atoms with Crippen LogP contribution in [0.1, 0.15) is 38.1 Å². The summed E-state index contributed by atoms with van der Waals surface area (Å²) in [6.45, 7) is 0.191. The first-order valence-corrected chi connectivity index (χ1v) is 11.1. The van der Waals surface area contributed by atoms with Crippen LogP contribution < -0.4 is 9.47 Å². The minimum Gasteiger partial charge on any atom is -0.503 e. The number of carbonyl (C=O) groups is 3. The number of amides is 1. The van der Waals surface area contributed by atoms with Crippen molar-refractivity contribution < 1.29 is 38.1 Å². The van der Waals surface area contributed by atoms with E-state index in [9.17, 15) is 19.5 Å². The Kier molecular flexibility index (Phi) is 7.10. The minimum atomic E-state index is -0.887. The van der Waals surface area contributed by atoms with Crippen LogP contribution in [-0.2, 0) is 16.0 Å². The summed E-state index contributed by atoms with van der Waals surface area (Å²) < 4.78 is 20.6. The van der Waals surface area contributed by atoms with Crippen molar-refractivity contribution in [1.82, 2.24) is 4.90 Å². The van der Waals surface area contributed by atoms with Crippen molar-refractivity contribution in [3.63, 3.8) is 0 Å². The van der Waals surface area contributed by atoms with Gasteiger partial charge in [0.2, 0.25) is 5.78 Å². The molecule has 0 unspecified atom stereocenters. The first-order valence-electron chi connectivity index (χ1n) is 11.1. The average molecular weight is 491 g/mol. The number of hydrogen-bond acceptors (Lipinski definition) is 8. The van der Waals surface area contributed by atoms with Gasteiger partial charge in [0.05, 0.1) is 44.8 Å². The molecular formula is C27H25NO8. The van der Waals surface area contributed by atoms with Crippen molar-refractivity contribution in [1.29, 1.82) is 0 Å². The summed E-state index contributed by atoms with van der Waals surface area (Å²) in [6.07, 6.45) is 1.76. The highest BCUT2D eigenvalue weighted by atomic mass is 16.5. The lowest BCUT2D eigenvalue weighted by Crippen LogP contribution is -2.33. The Bertz CT molecular complexity index is 1310. The van der Waals surface area contributed by atoms with Crippen LogP contribution in [-0.4, -0.2) is 55.5 Å². The first-order chi connectivity index (χ1) is 17.4. The maximum absolute atomic E-state index is 13.2. The summed E-state index contributed by atoms with van der Waals surface area (Å²) >= 11 is 0. The van der Waals surface area contributed by atoms with E-state index in [-0.39, 0.29) is 17.9 Å². The monoisotopic (exact) mass is 491 g/mol. The van der Waals surface area contributed by atoms with Crippen LogP contribution in [0, 0.1) is 0 Å². The molecule has 2 aromatic carbocycles. The Balaban J connectivity index is 1.69. The molecule has 9 nitrogen and oxygen atoms in total. The van der Waals surface area contributed by atoms with Crippen molar-refractivity contribution >= 4 is 17.7 Å². The number of methoxy groups -OCH3 is 3. The maximum atomic E-state index is 13.2. The van der Waals surface area contributed by atoms with Gasteiger partial charge < -0.3 is 28.6 Å². The molecule has 3 aromatic rings. The molecule has 1 amide bonds. The standard InChI is InChI=1S/C27H25NO8/c1-33-19-11-6-16(15-21(19)34-2)12-13-28-23(17-7-9-18(10-8-17)27(32)35-3)22(25(30)26(28)31)24(29)20-5-4-14-36-20/h4-11,14-15,23,30H,12-13H2,1-3H3/t23-/m0/s1. The molecule has 1 aromatic heterocycles. The highest BCUT2D eigenvalue weighted by Crippen LogP contribution is 2.39. The van der Waals surface area contributed by atoms with Gasteiger partial charge in [-0.1, -0.05) is 18.2 Å². The number of Topliss-reactive ketones (excluding diaryl/α,β-unsaturated/α-hetero) is 1. The summed E-state index contributed by atoms with van der Waals surface area (Å²) in [6, 6.07) is 13.9. The van der Waals surface area contributed by atoms with Crippen LogP contribution >= 0.6 is 0 Å². The van der Waals surface area contributed by atoms with Crippen LogP contribution in [0.15, 0.2) is 76.6 Å². The van der Waals surface area contributed by atoms with Gasteiger partial charge in [-0.2, -0.15) is 0 Å². The van der Waals surface area contributed by atoms with E-state index in [1.54, 1.807) is 43.5 Å². The quantitative estimate of drug-likeness (QED) is 0.354. The van der Waals surface area contributed by atoms with E-state index < -0.39 is 29.5 Å². The van der Waals surface area contributed by atoms with Crippen LogP contribution in [0.5, 0.6) is 11.5 Å². The number of carbonyl (C=O) groups excluding carboxylic acids is 3. The number of aliphatic hydroxyl groups excluding tert-OH is 1. The predicted octanol–water partition coefficient (Wildman–Crippen LogP) is 3.90. The zero-order valence-electron chi connectivity index (χ0n) is 20.0. The summed E-state index contributed by atoms with van der Waals surface area (Å²) in [5.74, 6) is -1.29. The molecular weight excluding hydrogens is 466 g/mol. The largest absolute Gasteiger partial charge is 0.503 e. The minimum absolute atomic E-state index is 0.00210. The molecule has 0 bridgehead atoms. The molecule has 9 heteroatoms. The van der Waals surface area contributed by atoms with Crippen LogP contribution in [0.3, 0.4) is 0 Å². The van der Waals surface area contributed by atoms with Crippen molar-refractivity contribution in [3.05, 3.63) is 94.6 Å². The van der Waals surface area contributed by atoms with Gasteiger partial charge in [0.15, 0.2) is 23.0 Å². The van der Waals surface area contributed by atoms with Gasteiger partial charge in [-0.15, -0.1) is 0 Å². The van der Waals surface area contributed by atoms with E-state index in [0.29, 0.717) is 29.0 Å². The van der Waals surface area contributed by atoms with Gasteiger partial charge in [0.1, 0.15) is 0 Å². The number of ketones is 1. The second-order valence-electron chi connectivity index (χ2n) is 8.02. The molecule has 36 heavy (non-hydrogen) atoms. The lowest BCUT2D eigenvalue weighted by molar-refractivity contribution is -0.129. The number of ether oxygens (including phenoxy) is 3. The molecule has 2 heterocycles. The second-order valence-corrected chi connectivity index (χ2v) is 8.02. The lowest BCUT2D eigenvalue weighted by Gasteiger charge is -2.27. The SMILES string of the molecule is COC(=O)c1ccc([C@H]2C(C(=O)c3ccco3)=C(O)C(=O)N2CCc2ccc(OC)c(OC)c2)cc1. The van der Waals surface area contributed by atoms with Gasteiger partial charge in [-0.25, -0.2) is 4.79 Å². The Morgan fingerprint density at radius 1 is 1.00 bits per heavy atom. The first kappa shape index (κ1) is 24.6. The molecule has 1 aliphatic rings. The second kappa shape index (κ2) is 10.4. The summed E-state index contributed by atoms with van der Waals surface area (Å²) in [5, 5.41) is 10.8. The zero-order chi connectivity index (χ0) is 25.8. The fraction of sp³-hybridized carbons (Fsp3) is 0.222. The van der Waals surface area contributed by atoms with Gasteiger partial charge >= 0.3 is 5.97 Å². The third-order valence-electron chi connectivity index (χ3n) is 6.03. The summed E-state index contributed by atoms with van der Waals surface area (Å²) in [5.41, 5.74) is 1.63. The highest BCUT2D eigenvalue weighted by molar-refractivity contribution is 6.15. The molecule has 0 aliphatic carbocycles. The van der Waals surface area contributed by atoms with E-state index in [1.165, 1.54) is 31.4 Å². The average Bonchev–Trinajstić information content (AvgIpc) is 3.54. The molecule has 1 N–H and O–H groups in total. The van der Waals surface area contributed by atoms with Gasteiger partial charge in [0.25, 0.3) is 5.91 Å². The third-order valence-corrected chi connectivity index (χ3v) is 6.03. The zero-order valence-corrected chi connectivity index (χ0v) is 20.0. The normalized spacial score (nSPS) is 15.2. The number of benzene rings is 2. The fourth-order valence-corrected chi connectivity index (χ4v) is 4.21. The van der Waals surface area contributed by atoms with E-state index in [4.69, 9.17) is 18.6 Å². The van der Waals surface area contributed by atoms with E-state index >= 15 is 0 Å². The lowest BCUT2D eigenvalue weighted by atomic mass is 9.94. The Morgan fingerprint density at radius 2 is 1.72 bits per heavy atom. The number of hydrogen-bond donors (Lipinski definition) is 1. The van der Waals surface area contributed by atoms with Crippen LogP contribution in [0.25, 0.3) is 0 Å². The van der Waals surface area contributed by atoms with Gasteiger partial charge in [0, 0.05) is 6.54 Å². The number of rotatable bonds is 9. The predicted molar refractivity (Wildman–Crippen MR) is 128 cm³/mol. The smallest absolute Gasteiger partial charge is 0.337 e. The van der Waals surface area contributed by atoms with Crippen molar-refractivity contribution in [2.45, 2.75) is 12.5 Å². The molecule has 0 radical (unpaired) electrons. The maximum Gasteiger partial charge on any atom is 0.337 e. The molecule has 0 saturated heterocycles. The Morgan fingerprint density at radius 3 is 2.33 bits per heavy atom. The molecule has 1 atom stereocenters. The molecule has 0 fully saturated rings. The summed E-state index contributed by atoms with van der Waals surface area (Å²) in [4.78, 5) is 39.7. The van der Waals surface area contributed by atoms with Gasteiger partial charge in [-0.3, -0.25) is 9.59 Å². The number of furan rings is 1. The summed E-state index contributed by atoms with van der Waals surface area (Å²) in [7, 11) is 4.36. The van der Waals surface area contributed by atoms with E-state index in [1.807, 2.05) is 12.1 Å². The van der Waals surface area contributed by atoms with Gasteiger partial charge in [-0.05, 0) is 53.9 Å². The molecule has 0 saturated carbocycles. The van der Waals surface area contributed by atoms with Crippen molar-refractivity contribution in [2.75, 3.05) is 27.9 Å². The third kappa shape index (κ3) is 4.55. The van der Waals surface area contributed by atoms with Crippen LogP contribution in [0.2, 0.25) is 0 Å². The van der Waals surface area contributed by atoms with Crippen molar-refractivity contribution in [2.24, 2.45) is 0 Å². The van der Waals surface area contributed by atoms with Crippen LogP contribution in [0.4, 0.5) is 0 Å². The molecule has 186 valence electrons. The topological polar surface area (TPSA) is 116 Å². The Labute approximate surface area is 207 Å². The van der Waals surface area contributed by atoms with E-state index in [0.717, 1.165) is 5.56 Å². The van der Waals surface area contributed by atoms with E-state index in [2.05, 4.69) is 0 Å². The number of aliphatic hydroxyl groups is 1. The van der Waals surface area contributed by atoms with Crippen molar-refractivity contribution in [3.8, 4) is 11.5 Å². The fourth-order valence-electron chi connectivity index (χ4n) is 4.21. The Hall–Kier alpha value is -4.53. The number of nitrogens with zero attached hydrogens (tertiary/aromatic N) is 1. The number of esters is 1.